The maximum atomic E-state index is 12.8. The minimum Gasteiger partial charge on any atom is -0.478 e. The SMILES string of the molecule is CCc1oc(C(=O)N2CC(c3ccccc3)CC2C)cc1C(=O)O. The maximum Gasteiger partial charge on any atom is 0.339 e. The highest BCUT2D eigenvalue weighted by Crippen LogP contribution is 2.33. The molecule has 126 valence electrons. The lowest BCUT2D eigenvalue weighted by Crippen LogP contribution is -2.33. The molecule has 1 aromatic heterocycles. The molecule has 0 aliphatic carbocycles. The highest BCUT2D eigenvalue weighted by atomic mass is 16.4. The zero-order valence-corrected chi connectivity index (χ0v) is 13.9. The van der Waals surface area contributed by atoms with Gasteiger partial charge >= 0.3 is 5.97 Å². The molecule has 0 spiro atoms. The highest BCUT2D eigenvalue weighted by Gasteiger charge is 2.35. The summed E-state index contributed by atoms with van der Waals surface area (Å²) in [5, 5.41) is 9.22. The van der Waals surface area contributed by atoms with E-state index >= 15 is 0 Å². The van der Waals surface area contributed by atoms with E-state index in [1.54, 1.807) is 4.90 Å². The van der Waals surface area contributed by atoms with Crippen LogP contribution in [0.4, 0.5) is 0 Å². The molecular formula is C19H21NO4. The Morgan fingerprint density at radius 3 is 2.58 bits per heavy atom. The first-order valence-corrected chi connectivity index (χ1v) is 8.23. The summed E-state index contributed by atoms with van der Waals surface area (Å²) < 4.78 is 5.52. The molecule has 1 saturated heterocycles. The first-order valence-electron chi connectivity index (χ1n) is 8.23. The van der Waals surface area contributed by atoms with Crippen molar-refractivity contribution in [3.63, 3.8) is 0 Å². The van der Waals surface area contributed by atoms with E-state index in [0.717, 1.165) is 6.42 Å². The van der Waals surface area contributed by atoms with Crippen LogP contribution in [0, 0.1) is 0 Å². The van der Waals surface area contributed by atoms with Crippen molar-refractivity contribution in [2.75, 3.05) is 6.54 Å². The summed E-state index contributed by atoms with van der Waals surface area (Å²) in [6.07, 6.45) is 1.33. The fourth-order valence-corrected chi connectivity index (χ4v) is 3.40. The average molecular weight is 327 g/mol. The summed E-state index contributed by atoms with van der Waals surface area (Å²) in [5.74, 6) is -0.541. The molecule has 2 aromatic rings. The van der Waals surface area contributed by atoms with Crippen molar-refractivity contribution in [1.29, 1.82) is 0 Å². The minimum atomic E-state index is -1.06. The molecule has 24 heavy (non-hydrogen) atoms. The quantitative estimate of drug-likeness (QED) is 0.932. The molecule has 1 aromatic carbocycles. The van der Waals surface area contributed by atoms with Crippen LogP contribution in [0.1, 0.15) is 58.4 Å². The zero-order valence-electron chi connectivity index (χ0n) is 13.9. The van der Waals surface area contributed by atoms with Crippen LogP contribution in [0.3, 0.4) is 0 Å². The number of carboxylic acids is 1. The number of carboxylic acid groups (broad SMARTS) is 1. The first-order chi connectivity index (χ1) is 11.5. The summed E-state index contributed by atoms with van der Waals surface area (Å²) in [7, 11) is 0. The third kappa shape index (κ3) is 2.94. The molecule has 0 bridgehead atoms. The summed E-state index contributed by atoms with van der Waals surface area (Å²) in [6.45, 7) is 4.45. The Hall–Kier alpha value is -2.56. The second-order valence-electron chi connectivity index (χ2n) is 6.26. The second kappa shape index (κ2) is 6.51. The summed E-state index contributed by atoms with van der Waals surface area (Å²) in [5.41, 5.74) is 1.30. The summed E-state index contributed by atoms with van der Waals surface area (Å²) >= 11 is 0. The van der Waals surface area contributed by atoms with Gasteiger partial charge in [0.2, 0.25) is 0 Å². The van der Waals surface area contributed by atoms with Crippen LogP contribution >= 0.6 is 0 Å². The van der Waals surface area contributed by atoms with E-state index < -0.39 is 5.97 Å². The predicted molar refractivity (Wildman–Crippen MR) is 89.3 cm³/mol. The number of hydrogen-bond donors (Lipinski definition) is 1. The Morgan fingerprint density at radius 1 is 1.29 bits per heavy atom. The van der Waals surface area contributed by atoms with Gasteiger partial charge in [0, 0.05) is 31.0 Å². The fraction of sp³-hybridized carbons (Fsp3) is 0.368. The van der Waals surface area contributed by atoms with Crippen LogP contribution < -0.4 is 0 Å². The van der Waals surface area contributed by atoms with Crippen molar-refractivity contribution in [3.8, 4) is 0 Å². The zero-order chi connectivity index (χ0) is 17.3. The van der Waals surface area contributed by atoms with Crippen molar-refractivity contribution in [2.24, 2.45) is 0 Å². The molecule has 5 heteroatoms. The van der Waals surface area contributed by atoms with Crippen LogP contribution in [0.25, 0.3) is 0 Å². The molecule has 2 heterocycles. The Kier molecular flexibility index (Phi) is 4.42. The third-order valence-electron chi connectivity index (χ3n) is 4.68. The van der Waals surface area contributed by atoms with Gasteiger partial charge in [-0.3, -0.25) is 4.79 Å². The van der Waals surface area contributed by atoms with E-state index in [2.05, 4.69) is 12.1 Å². The molecule has 3 rings (SSSR count). The molecule has 1 fully saturated rings. The van der Waals surface area contributed by atoms with Crippen molar-refractivity contribution >= 4 is 11.9 Å². The van der Waals surface area contributed by atoms with E-state index in [-0.39, 0.29) is 23.3 Å². The molecule has 0 saturated carbocycles. The second-order valence-corrected chi connectivity index (χ2v) is 6.26. The van der Waals surface area contributed by atoms with E-state index in [1.165, 1.54) is 11.6 Å². The number of rotatable bonds is 4. The van der Waals surface area contributed by atoms with E-state index in [9.17, 15) is 14.7 Å². The Bertz CT molecular complexity index is 750. The van der Waals surface area contributed by atoms with Gasteiger partial charge in [-0.05, 0) is 18.9 Å². The molecule has 2 atom stereocenters. The van der Waals surface area contributed by atoms with Gasteiger partial charge in [-0.15, -0.1) is 0 Å². The lowest BCUT2D eigenvalue weighted by Gasteiger charge is -2.20. The lowest BCUT2D eigenvalue weighted by molar-refractivity contribution is 0.0689. The van der Waals surface area contributed by atoms with Crippen LogP contribution in [0.5, 0.6) is 0 Å². The number of likely N-dealkylation sites (tertiary alicyclic amines) is 1. The van der Waals surface area contributed by atoms with Crippen molar-refractivity contribution in [3.05, 3.63) is 59.0 Å². The van der Waals surface area contributed by atoms with Gasteiger partial charge < -0.3 is 14.4 Å². The van der Waals surface area contributed by atoms with Crippen molar-refractivity contribution in [2.45, 2.75) is 38.6 Å². The third-order valence-corrected chi connectivity index (χ3v) is 4.68. The molecule has 1 aliphatic rings. The van der Waals surface area contributed by atoms with Gasteiger partial charge in [-0.25, -0.2) is 4.79 Å². The van der Waals surface area contributed by atoms with Crippen LogP contribution in [0.2, 0.25) is 0 Å². The summed E-state index contributed by atoms with van der Waals surface area (Å²) in [6, 6.07) is 11.6. The van der Waals surface area contributed by atoms with Crippen molar-refractivity contribution in [1.82, 2.24) is 4.90 Å². The number of aromatic carboxylic acids is 1. The lowest BCUT2D eigenvalue weighted by atomic mass is 9.97. The van der Waals surface area contributed by atoms with Gasteiger partial charge in [-0.1, -0.05) is 37.3 Å². The molecule has 2 unspecified atom stereocenters. The molecule has 0 radical (unpaired) electrons. The van der Waals surface area contributed by atoms with Gasteiger partial charge in [0.1, 0.15) is 11.3 Å². The van der Waals surface area contributed by atoms with Crippen LogP contribution in [-0.4, -0.2) is 34.5 Å². The van der Waals surface area contributed by atoms with Gasteiger partial charge in [0.05, 0.1) is 0 Å². The van der Waals surface area contributed by atoms with E-state index in [4.69, 9.17) is 4.42 Å². The number of carbonyl (C=O) groups excluding carboxylic acids is 1. The topological polar surface area (TPSA) is 70.8 Å². The number of aryl methyl sites for hydroxylation is 1. The fourth-order valence-electron chi connectivity index (χ4n) is 3.40. The Balaban J connectivity index is 1.82. The molecule has 1 N–H and O–H groups in total. The molecule has 1 aliphatic heterocycles. The Morgan fingerprint density at radius 2 is 2.00 bits per heavy atom. The number of nitrogens with zero attached hydrogens (tertiary/aromatic N) is 1. The average Bonchev–Trinajstić information content (AvgIpc) is 3.19. The smallest absolute Gasteiger partial charge is 0.339 e. The molecule has 5 nitrogen and oxygen atoms in total. The molecular weight excluding hydrogens is 306 g/mol. The predicted octanol–water partition coefficient (Wildman–Crippen LogP) is 3.56. The normalized spacial score (nSPS) is 20.3. The first kappa shape index (κ1) is 16.3. The summed E-state index contributed by atoms with van der Waals surface area (Å²) in [4.78, 5) is 25.8. The maximum absolute atomic E-state index is 12.8. The highest BCUT2D eigenvalue weighted by molar-refractivity contribution is 5.96. The largest absolute Gasteiger partial charge is 0.478 e. The van der Waals surface area contributed by atoms with E-state index in [1.807, 2.05) is 32.0 Å². The van der Waals surface area contributed by atoms with Gasteiger partial charge in [0.25, 0.3) is 5.91 Å². The van der Waals surface area contributed by atoms with Crippen LogP contribution in [0.15, 0.2) is 40.8 Å². The monoisotopic (exact) mass is 327 g/mol. The Labute approximate surface area is 140 Å². The van der Waals surface area contributed by atoms with Crippen molar-refractivity contribution < 1.29 is 19.1 Å². The number of amides is 1. The minimum absolute atomic E-state index is 0.0762. The van der Waals surface area contributed by atoms with Crippen LogP contribution in [-0.2, 0) is 6.42 Å². The number of benzene rings is 1. The van der Waals surface area contributed by atoms with Gasteiger partial charge in [-0.2, -0.15) is 0 Å². The standard InChI is InChI=1S/C19H21NO4/c1-3-16-15(19(22)23)10-17(24-16)18(21)20-11-14(9-12(20)2)13-7-5-4-6-8-13/h4-8,10,12,14H,3,9,11H2,1-2H3,(H,22,23). The number of furan rings is 1. The van der Waals surface area contributed by atoms with Gasteiger partial charge in [0.15, 0.2) is 5.76 Å². The number of carbonyl (C=O) groups is 2. The molecule has 1 amide bonds. The number of hydrogen-bond acceptors (Lipinski definition) is 3. The van der Waals surface area contributed by atoms with E-state index in [0.29, 0.717) is 24.6 Å².